The van der Waals surface area contributed by atoms with E-state index in [0.29, 0.717) is 13.0 Å². The van der Waals surface area contributed by atoms with E-state index in [2.05, 4.69) is 26.6 Å². The van der Waals surface area contributed by atoms with Crippen LogP contribution in [0.2, 0.25) is 0 Å². The summed E-state index contributed by atoms with van der Waals surface area (Å²) >= 11 is 3.43. The zero-order valence-corrected chi connectivity index (χ0v) is 13.1. The molecule has 0 aliphatic rings. The van der Waals surface area contributed by atoms with Gasteiger partial charge < -0.3 is 26.0 Å². The predicted molar refractivity (Wildman–Crippen MR) is 86.3 cm³/mol. The molecule has 0 unspecified atom stereocenters. The Hall–Kier alpha value is -2.41. The predicted octanol–water partition coefficient (Wildman–Crippen LogP) is 2.93. The van der Waals surface area contributed by atoms with Crippen molar-refractivity contribution in [3.05, 3.63) is 46.4 Å². The first-order valence-corrected chi connectivity index (χ1v) is 7.30. The lowest BCUT2D eigenvalue weighted by atomic mass is 10.1. The van der Waals surface area contributed by atoms with Gasteiger partial charge in [0.05, 0.1) is 5.69 Å². The molecule has 0 heterocycles. The average molecular weight is 367 g/mol. The Labute approximate surface area is 135 Å². The summed E-state index contributed by atoms with van der Waals surface area (Å²) in [6, 6.07) is 9.53. The summed E-state index contributed by atoms with van der Waals surface area (Å²) < 4.78 is 0.977. The Morgan fingerprint density at radius 1 is 1.09 bits per heavy atom. The number of phenolic OH excluding ortho intramolecular Hbond substituents is 3. The molecule has 116 valence electrons. The molecular weight excluding hydrogens is 352 g/mol. The highest BCUT2D eigenvalue weighted by atomic mass is 79.9. The van der Waals surface area contributed by atoms with Crippen molar-refractivity contribution in [3.63, 3.8) is 0 Å². The zero-order chi connectivity index (χ0) is 16.1. The van der Waals surface area contributed by atoms with E-state index < -0.39 is 23.3 Å². The molecule has 2 aromatic rings. The van der Waals surface area contributed by atoms with Crippen LogP contribution in [0.5, 0.6) is 17.2 Å². The van der Waals surface area contributed by atoms with Gasteiger partial charge >= 0.3 is 6.03 Å². The van der Waals surface area contributed by atoms with Crippen LogP contribution in [0.25, 0.3) is 0 Å². The van der Waals surface area contributed by atoms with Gasteiger partial charge in [-0.3, -0.25) is 0 Å². The third-order valence-electron chi connectivity index (χ3n) is 2.97. The van der Waals surface area contributed by atoms with Crippen molar-refractivity contribution in [2.75, 3.05) is 11.9 Å². The van der Waals surface area contributed by atoms with E-state index in [1.807, 2.05) is 24.3 Å². The highest BCUT2D eigenvalue weighted by Crippen LogP contribution is 2.37. The van der Waals surface area contributed by atoms with Crippen molar-refractivity contribution in [1.82, 2.24) is 5.32 Å². The van der Waals surface area contributed by atoms with Crippen LogP contribution in [0.3, 0.4) is 0 Å². The van der Waals surface area contributed by atoms with Gasteiger partial charge in [0.25, 0.3) is 0 Å². The fraction of sp³-hybridized carbons (Fsp3) is 0.133. The van der Waals surface area contributed by atoms with Crippen molar-refractivity contribution < 1.29 is 20.1 Å². The fourth-order valence-corrected chi connectivity index (χ4v) is 2.35. The smallest absolute Gasteiger partial charge is 0.319 e. The topological polar surface area (TPSA) is 102 Å². The van der Waals surface area contributed by atoms with Crippen molar-refractivity contribution >= 4 is 27.6 Å². The highest BCUT2D eigenvalue weighted by molar-refractivity contribution is 9.10. The monoisotopic (exact) mass is 366 g/mol. The van der Waals surface area contributed by atoms with Gasteiger partial charge in [-0.05, 0) is 18.1 Å². The summed E-state index contributed by atoms with van der Waals surface area (Å²) in [7, 11) is 0. The standard InChI is InChI=1S/C15H15BrN2O4/c16-11-4-2-1-3-9(11)5-6-17-15(22)18-10-7-12(19)14(21)13(20)8-10/h1-4,7-8,19-21H,5-6H2,(H2,17,18,22). The van der Waals surface area contributed by atoms with Crippen LogP contribution in [-0.4, -0.2) is 27.9 Å². The number of aromatic hydroxyl groups is 3. The maximum absolute atomic E-state index is 11.7. The van der Waals surface area contributed by atoms with Gasteiger partial charge in [0, 0.05) is 23.2 Å². The van der Waals surface area contributed by atoms with E-state index in [0.717, 1.165) is 22.2 Å². The number of hydrogen-bond acceptors (Lipinski definition) is 4. The van der Waals surface area contributed by atoms with Crippen molar-refractivity contribution in [2.24, 2.45) is 0 Å². The number of phenols is 3. The number of benzene rings is 2. The first-order valence-electron chi connectivity index (χ1n) is 6.50. The molecule has 0 aromatic heterocycles. The van der Waals surface area contributed by atoms with E-state index in [-0.39, 0.29) is 5.69 Å². The maximum Gasteiger partial charge on any atom is 0.319 e. The number of urea groups is 1. The Morgan fingerprint density at radius 3 is 2.36 bits per heavy atom. The molecule has 5 N–H and O–H groups in total. The molecule has 0 saturated heterocycles. The lowest BCUT2D eigenvalue weighted by Crippen LogP contribution is -2.30. The summed E-state index contributed by atoms with van der Waals surface area (Å²) in [5.74, 6) is -1.65. The molecule has 0 radical (unpaired) electrons. The van der Waals surface area contributed by atoms with Crippen LogP contribution in [-0.2, 0) is 6.42 Å². The number of carbonyl (C=O) groups is 1. The normalized spacial score (nSPS) is 10.2. The molecule has 0 aliphatic heterocycles. The zero-order valence-electron chi connectivity index (χ0n) is 11.5. The number of rotatable bonds is 4. The summed E-state index contributed by atoms with van der Waals surface area (Å²) in [6.07, 6.45) is 0.654. The number of carbonyl (C=O) groups excluding carboxylic acids is 1. The number of halogens is 1. The van der Waals surface area contributed by atoms with Crippen molar-refractivity contribution in [3.8, 4) is 17.2 Å². The Morgan fingerprint density at radius 2 is 1.73 bits per heavy atom. The van der Waals surface area contributed by atoms with Gasteiger partial charge in [-0.15, -0.1) is 0 Å². The molecule has 0 aliphatic carbocycles. The maximum atomic E-state index is 11.7. The number of anilines is 1. The lowest BCUT2D eigenvalue weighted by Gasteiger charge is -2.10. The highest BCUT2D eigenvalue weighted by Gasteiger charge is 2.10. The second-order valence-electron chi connectivity index (χ2n) is 4.59. The molecule has 0 spiro atoms. The molecule has 2 amide bonds. The fourth-order valence-electron chi connectivity index (χ4n) is 1.86. The van der Waals surface area contributed by atoms with E-state index >= 15 is 0 Å². The van der Waals surface area contributed by atoms with Crippen LogP contribution in [0.4, 0.5) is 10.5 Å². The third kappa shape index (κ3) is 4.05. The molecular formula is C15H15BrN2O4. The molecule has 0 fully saturated rings. The summed E-state index contributed by atoms with van der Waals surface area (Å²) in [6.45, 7) is 0.421. The van der Waals surface area contributed by atoms with Crippen LogP contribution in [0, 0.1) is 0 Å². The third-order valence-corrected chi connectivity index (χ3v) is 3.74. The number of amides is 2. The summed E-state index contributed by atoms with van der Waals surface area (Å²) in [5, 5.41) is 33.1. The van der Waals surface area contributed by atoms with Gasteiger partial charge in [-0.25, -0.2) is 4.79 Å². The number of hydrogen-bond donors (Lipinski definition) is 5. The largest absolute Gasteiger partial charge is 0.504 e. The van der Waals surface area contributed by atoms with Gasteiger partial charge in [-0.1, -0.05) is 34.1 Å². The number of nitrogens with one attached hydrogen (secondary N) is 2. The first-order chi connectivity index (χ1) is 10.5. The molecule has 2 aromatic carbocycles. The van der Waals surface area contributed by atoms with Gasteiger partial charge in [0.1, 0.15) is 0 Å². The summed E-state index contributed by atoms with van der Waals surface area (Å²) in [5.41, 5.74) is 1.24. The van der Waals surface area contributed by atoms with Gasteiger partial charge in [0.2, 0.25) is 0 Å². The van der Waals surface area contributed by atoms with E-state index in [1.165, 1.54) is 0 Å². The van der Waals surface area contributed by atoms with Crippen LogP contribution >= 0.6 is 15.9 Å². The lowest BCUT2D eigenvalue weighted by molar-refractivity contribution is 0.252. The van der Waals surface area contributed by atoms with Crippen molar-refractivity contribution in [1.29, 1.82) is 0 Å². The first kappa shape index (κ1) is 16.0. The minimum absolute atomic E-state index is 0.172. The van der Waals surface area contributed by atoms with Crippen LogP contribution in [0.15, 0.2) is 40.9 Å². The molecule has 6 nitrogen and oxygen atoms in total. The summed E-state index contributed by atoms with van der Waals surface area (Å²) in [4.78, 5) is 11.7. The van der Waals surface area contributed by atoms with Gasteiger partial charge in [0.15, 0.2) is 17.2 Å². The molecule has 0 saturated carbocycles. The minimum Gasteiger partial charge on any atom is -0.504 e. The molecule has 0 atom stereocenters. The Balaban J connectivity index is 1.87. The quantitative estimate of drug-likeness (QED) is 0.424. The van der Waals surface area contributed by atoms with E-state index in [4.69, 9.17) is 0 Å². The van der Waals surface area contributed by atoms with E-state index in [1.54, 1.807) is 0 Å². The minimum atomic E-state index is -0.625. The van der Waals surface area contributed by atoms with Crippen LogP contribution < -0.4 is 10.6 Å². The molecule has 7 heteroatoms. The van der Waals surface area contributed by atoms with Crippen LogP contribution in [0.1, 0.15) is 5.56 Å². The molecule has 22 heavy (non-hydrogen) atoms. The molecule has 0 bridgehead atoms. The Bertz CT molecular complexity index is 668. The van der Waals surface area contributed by atoms with Gasteiger partial charge in [-0.2, -0.15) is 0 Å². The SMILES string of the molecule is O=C(NCCc1ccccc1Br)Nc1cc(O)c(O)c(O)c1. The average Bonchev–Trinajstić information content (AvgIpc) is 2.46. The van der Waals surface area contributed by atoms with E-state index in [9.17, 15) is 20.1 Å². The molecule has 2 rings (SSSR count). The van der Waals surface area contributed by atoms with Crippen molar-refractivity contribution in [2.45, 2.75) is 6.42 Å². The Kier molecular flexibility index (Phi) is 5.11. The second kappa shape index (κ2) is 7.04. The second-order valence-corrected chi connectivity index (χ2v) is 5.44.